The molecular formula is C10H14O5. The molecular weight excluding hydrogens is 200 g/mol. The normalized spacial score (nSPS) is 57.0. The quantitative estimate of drug-likeness (QED) is 0.562. The lowest BCUT2D eigenvalue weighted by molar-refractivity contribution is -0.315. The SMILES string of the molecule is CC12OC3OC(=O)C1C(CC2O)C3CO. The van der Waals surface area contributed by atoms with Gasteiger partial charge in [-0.1, -0.05) is 0 Å². The molecule has 3 heterocycles. The number of aliphatic hydroxyl groups is 2. The van der Waals surface area contributed by atoms with E-state index in [4.69, 9.17) is 9.47 Å². The summed E-state index contributed by atoms with van der Waals surface area (Å²) in [5.41, 5.74) is -0.809. The van der Waals surface area contributed by atoms with Gasteiger partial charge in [0, 0.05) is 5.92 Å². The van der Waals surface area contributed by atoms with Crippen molar-refractivity contribution in [1.82, 2.24) is 0 Å². The maximum atomic E-state index is 11.6. The van der Waals surface area contributed by atoms with Crippen molar-refractivity contribution >= 4 is 5.97 Å². The number of hydrogen-bond acceptors (Lipinski definition) is 5. The van der Waals surface area contributed by atoms with Crippen LogP contribution >= 0.6 is 0 Å². The van der Waals surface area contributed by atoms with Crippen molar-refractivity contribution < 1.29 is 24.5 Å². The number of rotatable bonds is 1. The highest BCUT2D eigenvalue weighted by Crippen LogP contribution is 2.56. The van der Waals surface area contributed by atoms with Crippen molar-refractivity contribution in [3.8, 4) is 0 Å². The molecule has 1 aliphatic carbocycles. The van der Waals surface area contributed by atoms with Crippen LogP contribution in [0.4, 0.5) is 0 Å². The second-order valence-electron chi connectivity index (χ2n) is 4.85. The fraction of sp³-hybridized carbons (Fsp3) is 0.900. The van der Waals surface area contributed by atoms with Gasteiger partial charge in [0.2, 0.25) is 6.29 Å². The van der Waals surface area contributed by atoms with Crippen LogP contribution in [0.5, 0.6) is 0 Å². The van der Waals surface area contributed by atoms with E-state index in [1.54, 1.807) is 6.92 Å². The number of ether oxygens (including phenoxy) is 2. The zero-order valence-electron chi connectivity index (χ0n) is 8.42. The summed E-state index contributed by atoms with van der Waals surface area (Å²) >= 11 is 0. The van der Waals surface area contributed by atoms with E-state index in [0.717, 1.165) is 0 Å². The van der Waals surface area contributed by atoms with E-state index >= 15 is 0 Å². The minimum absolute atomic E-state index is 0.00463. The van der Waals surface area contributed by atoms with Crippen LogP contribution in [-0.2, 0) is 14.3 Å². The average molecular weight is 214 g/mol. The Kier molecular flexibility index (Phi) is 1.74. The highest BCUT2D eigenvalue weighted by atomic mass is 16.7. The molecule has 1 saturated carbocycles. The Morgan fingerprint density at radius 2 is 2.33 bits per heavy atom. The minimum atomic E-state index is -0.809. The van der Waals surface area contributed by atoms with Crippen molar-refractivity contribution in [1.29, 1.82) is 0 Å². The van der Waals surface area contributed by atoms with Crippen LogP contribution in [0.15, 0.2) is 0 Å². The first-order valence-corrected chi connectivity index (χ1v) is 5.25. The van der Waals surface area contributed by atoms with Gasteiger partial charge in [-0.05, 0) is 19.3 Å². The van der Waals surface area contributed by atoms with Crippen LogP contribution in [-0.4, -0.2) is 40.8 Å². The molecule has 4 bridgehead atoms. The van der Waals surface area contributed by atoms with Gasteiger partial charge < -0.3 is 19.7 Å². The van der Waals surface area contributed by atoms with Crippen molar-refractivity contribution in [2.24, 2.45) is 17.8 Å². The van der Waals surface area contributed by atoms with E-state index in [-0.39, 0.29) is 24.4 Å². The lowest BCUT2D eigenvalue weighted by atomic mass is 9.75. The van der Waals surface area contributed by atoms with Crippen molar-refractivity contribution in [3.05, 3.63) is 0 Å². The summed E-state index contributed by atoms with van der Waals surface area (Å²) in [7, 11) is 0. The second-order valence-corrected chi connectivity index (χ2v) is 4.85. The Hall–Kier alpha value is -0.650. The standard InChI is InChI=1S/C10H14O5/c1-10-6(12)2-4-5(3-11)9(15-10)14-8(13)7(4)10/h4-7,9,11-12H,2-3H2,1H3. The lowest BCUT2D eigenvalue weighted by Gasteiger charge is -2.50. The van der Waals surface area contributed by atoms with Crippen LogP contribution in [0.3, 0.4) is 0 Å². The number of esters is 1. The van der Waals surface area contributed by atoms with Crippen molar-refractivity contribution in [3.63, 3.8) is 0 Å². The molecule has 15 heavy (non-hydrogen) atoms. The zero-order valence-corrected chi connectivity index (χ0v) is 8.42. The number of aliphatic hydroxyl groups excluding tert-OH is 2. The number of hydrogen-bond donors (Lipinski definition) is 2. The smallest absolute Gasteiger partial charge is 0.314 e. The van der Waals surface area contributed by atoms with E-state index in [1.807, 2.05) is 0 Å². The monoisotopic (exact) mass is 214 g/mol. The molecule has 4 rings (SSSR count). The third-order valence-corrected chi connectivity index (χ3v) is 4.17. The zero-order chi connectivity index (χ0) is 10.8. The first-order chi connectivity index (χ1) is 7.08. The molecule has 5 heteroatoms. The van der Waals surface area contributed by atoms with Gasteiger partial charge in [-0.25, -0.2) is 0 Å². The van der Waals surface area contributed by atoms with E-state index in [2.05, 4.69) is 0 Å². The highest BCUT2D eigenvalue weighted by molar-refractivity contribution is 5.77. The van der Waals surface area contributed by atoms with Gasteiger partial charge in [0.1, 0.15) is 5.60 Å². The van der Waals surface area contributed by atoms with E-state index in [9.17, 15) is 15.0 Å². The molecule has 5 nitrogen and oxygen atoms in total. The second kappa shape index (κ2) is 2.72. The van der Waals surface area contributed by atoms with Gasteiger partial charge >= 0.3 is 5.97 Å². The number of carbonyl (C=O) groups is 1. The summed E-state index contributed by atoms with van der Waals surface area (Å²) in [5, 5.41) is 19.1. The van der Waals surface area contributed by atoms with Crippen LogP contribution < -0.4 is 0 Å². The topological polar surface area (TPSA) is 76.0 Å². The van der Waals surface area contributed by atoms with Crippen LogP contribution in [0.1, 0.15) is 13.3 Å². The molecule has 6 atom stereocenters. The van der Waals surface area contributed by atoms with Crippen LogP contribution in [0.25, 0.3) is 0 Å². The van der Waals surface area contributed by atoms with Crippen LogP contribution in [0, 0.1) is 17.8 Å². The molecule has 4 aliphatic rings. The Morgan fingerprint density at radius 3 is 3.00 bits per heavy atom. The molecule has 2 N–H and O–H groups in total. The molecule has 84 valence electrons. The van der Waals surface area contributed by atoms with Gasteiger partial charge in [0.25, 0.3) is 0 Å². The molecule has 4 fully saturated rings. The number of fused-ring (bicyclic) bond motifs is 1. The Bertz CT molecular complexity index is 317. The Morgan fingerprint density at radius 1 is 1.60 bits per heavy atom. The third kappa shape index (κ3) is 0.959. The van der Waals surface area contributed by atoms with Crippen molar-refractivity contribution in [2.75, 3.05) is 6.61 Å². The molecule has 6 unspecified atom stereocenters. The van der Waals surface area contributed by atoms with E-state index in [0.29, 0.717) is 6.42 Å². The predicted octanol–water partition coefficient (Wildman–Crippen LogP) is -0.736. The largest absolute Gasteiger partial charge is 0.435 e. The van der Waals surface area contributed by atoms with Gasteiger partial charge in [0.15, 0.2) is 0 Å². The molecule has 0 aromatic heterocycles. The summed E-state index contributed by atoms with van der Waals surface area (Å²) in [6.45, 7) is 1.69. The Balaban J connectivity index is 2.04. The van der Waals surface area contributed by atoms with Gasteiger partial charge in [-0.15, -0.1) is 0 Å². The van der Waals surface area contributed by atoms with E-state index in [1.165, 1.54) is 0 Å². The highest BCUT2D eigenvalue weighted by Gasteiger charge is 2.68. The summed E-state index contributed by atoms with van der Waals surface area (Å²) in [6, 6.07) is 0. The lowest BCUT2D eigenvalue weighted by Crippen LogP contribution is -2.62. The van der Waals surface area contributed by atoms with Crippen LogP contribution in [0.2, 0.25) is 0 Å². The fourth-order valence-corrected chi connectivity index (χ4v) is 3.30. The maximum Gasteiger partial charge on any atom is 0.314 e. The molecule has 3 saturated heterocycles. The molecule has 3 aliphatic heterocycles. The molecule has 0 amide bonds. The summed E-state index contributed by atoms with van der Waals surface area (Å²) in [6.07, 6.45) is -0.808. The first-order valence-electron chi connectivity index (χ1n) is 5.25. The number of carbonyl (C=O) groups excluding carboxylic acids is 1. The molecule has 0 aromatic rings. The molecule has 0 spiro atoms. The molecule has 0 radical (unpaired) electrons. The third-order valence-electron chi connectivity index (χ3n) is 4.17. The average Bonchev–Trinajstić information content (AvgIpc) is 2.36. The van der Waals surface area contributed by atoms with E-state index < -0.39 is 23.9 Å². The van der Waals surface area contributed by atoms with Gasteiger partial charge in [0.05, 0.1) is 18.6 Å². The summed E-state index contributed by atoms with van der Waals surface area (Å²) in [5.74, 6) is -0.900. The van der Waals surface area contributed by atoms with Crippen molar-refractivity contribution in [2.45, 2.75) is 31.3 Å². The minimum Gasteiger partial charge on any atom is -0.435 e. The summed E-state index contributed by atoms with van der Waals surface area (Å²) < 4.78 is 10.6. The van der Waals surface area contributed by atoms with Gasteiger partial charge in [-0.3, -0.25) is 4.79 Å². The maximum absolute atomic E-state index is 11.6. The first kappa shape index (κ1) is 9.57. The fourth-order valence-electron chi connectivity index (χ4n) is 3.30. The van der Waals surface area contributed by atoms with Gasteiger partial charge in [-0.2, -0.15) is 0 Å². The predicted molar refractivity (Wildman–Crippen MR) is 47.5 cm³/mol. The summed E-state index contributed by atoms with van der Waals surface area (Å²) in [4.78, 5) is 11.6. The molecule has 0 aromatic carbocycles. The Labute approximate surface area is 87.0 Å².